The molecule has 0 radical (unpaired) electrons. The van der Waals surface area contributed by atoms with Crippen molar-refractivity contribution >= 4 is 8.56 Å². The lowest BCUT2D eigenvalue weighted by atomic mass is 9.99. The fraction of sp³-hybridized carbons (Fsp3) is 1.00. The van der Waals surface area contributed by atoms with Crippen LogP contribution in [0.5, 0.6) is 0 Å². The molecule has 0 fully saturated rings. The zero-order chi connectivity index (χ0) is 13.2. The molecule has 0 heterocycles. The zero-order valence-electron chi connectivity index (χ0n) is 12.6. The summed E-state index contributed by atoms with van der Waals surface area (Å²) >= 11 is 0. The third kappa shape index (κ3) is 3.29. The van der Waals surface area contributed by atoms with Gasteiger partial charge in [-0.3, -0.25) is 0 Å². The molecule has 0 aromatic heterocycles. The summed E-state index contributed by atoms with van der Waals surface area (Å²) in [7, 11) is 2.20. The standard InChI is InChI=1S/C12H31N3Si/c1-10(2)12(6,7)16(13-8,14-9)15-11(3,4)5/h10,13-15H,1-9H3. The zero-order valence-corrected chi connectivity index (χ0v) is 13.6. The van der Waals surface area contributed by atoms with Gasteiger partial charge in [-0.2, -0.15) is 0 Å². The molecule has 0 atom stereocenters. The summed E-state index contributed by atoms with van der Waals surface area (Å²) in [4.78, 5) is 10.9. The molecular formula is C12H31N3Si. The van der Waals surface area contributed by atoms with Gasteiger partial charge in [-0.25, -0.2) is 0 Å². The molecule has 0 amide bonds. The molecule has 98 valence electrons. The van der Waals surface area contributed by atoms with Crippen molar-refractivity contribution in [2.24, 2.45) is 5.92 Å². The fourth-order valence-corrected chi connectivity index (χ4v) is 6.15. The van der Waals surface area contributed by atoms with Crippen LogP contribution >= 0.6 is 0 Å². The fourth-order valence-electron chi connectivity index (χ4n) is 2.05. The van der Waals surface area contributed by atoms with Gasteiger partial charge in [0.05, 0.1) is 0 Å². The summed E-state index contributed by atoms with van der Waals surface area (Å²) < 4.78 is 0. The Labute approximate surface area is 103 Å². The van der Waals surface area contributed by atoms with Crippen molar-refractivity contribution in [1.82, 2.24) is 14.9 Å². The van der Waals surface area contributed by atoms with Crippen LogP contribution in [0.3, 0.4) is 0 Å². The Morgan fingerprint density at radius 3 is 1.44 bits per heavy atom. The van der Waals surface area contributed by atoms with E-state index in [1.165, 1.54) is 0 Å². The first-order valence-corrected chi connectivity index (χ1v) is 8.19. The second-order valence-corrected chi connectivity index (χ2v) is 10.5. The largest absolute Gasteiger partial charge is 0.316 e. The molecule has 3 nitrogen and oxygen atoms in total. The number of rotatable bonds is 5. The molecule has 0 aliphatic heterocycles. The lowest BCUT2D eigenvalue weighted by molar-refractivity contribution is 0.401. The Kier molecular flexibility index (Phi) is 5.20. The average molecular weight is 245 g/mol. The van der Waals surface area contributed by atoms with Gasteiger partial charge in [0.15, 0.2) is 0 Å². The summed E-state index contributed by atoms with van der Waals surface area (Å²) in [6.45, 7) is 15.9. The Balaban J connectivity index is 5.25. The van der Waals surface area contributed by atoms with Crippen molar-refractivity contribution in [1.29, 1.82) is 0 Å². The van der Waals surface area contributed by atoms with E-state index in [-0.39, 0.29) is 10.6 Å². The van der Waals surface area contributed by atoms with Crippen molar-refractivity contribution in [3.63, 3.8) is 0 Å². The van der Waals surface area contributed by atoms with Gasteiger partial charge in [0.2, 0.25) is 0 Å². The Bertz CT molecular complexity index is 215. The number of nitrogens with one attached hydrogen (secondary N) is 3. The quantitative estimate of drug-likeness (QED) is 0.650. The van der Waals surface area contributed by atoms with Gasteiger partial charge < -0.3 is 14.9 Å². The Morgan fingerprint density at radius 1 is 0.875 bits per heavy atom. The number of hydrogen-bond donors (Lipinski definition) is 3. The predicted octanol–water partition coefficient (Wildman–Crippen LogP) is 2.19. The Morgan fingerprint density at radius 2 is 1.25 bits per heavy atom. The molecule has 0 saturated carbocycles. The highest BCUT2D eigenvalue weighted by Gasteiger charge is 2.50. The molecule has 0 rings (SSSR count). The van der Waals surface area contributed by atoms with Crippen LogP contribution in [-0.4, -0.2) is 28.2 Å². The van der Waals surface area contributed by atoms with Gasteiger partial charge in [0, 0.05) is 10.6 Å². The SMILES string of the molecule is CN[Si](NC)(NC(C)(C)C)C(C)(C)C(C)C. The predicted molar refractivity (Wildman–Crippen MR) is 75.6 cm³/mol. The van der Waals surface area contributed by atoms with Crippen molar-refractivity contribution in [2.45, 2.75) is 59.0 Å². The van der Waals surface area contributed by atoms with Gasteiger partial charge >= 0.3 is 0 Å². The molecule has 0 saturated heterocycles. The summed E-state index contributed by atoms with van der Waals surface area (Å²) in [6, 6.07) is 0. The molecule has 0 aliphatic rings. The topological polar surface area (TPSA) is 36.1 Å². The monoisotopic (exact) mass is 245 g/mol. The molecule has 0 bridgehead atoms. The highest BCUT2D eigenvalue weighted by molar-refractivity contribution is 6.75. The first kappa shape index (κ1) is 16.1. The highest BCUT2D eigenvalue weighted by atomic mass is 28.4. The molecule has 16 heavy (non-hydrogen) atoms. The summed E-state index contributed by atoms with van der Waals surface area (Å²) in [5.74, 6) is 0.619. The van der Waals surface area contributed by atoms with E-state index in [4.69, 9.17) is 0 Å². The summed E-state index contributed by atoms with van der Waals surface area (Å²) in [6.07, 6.45) is 0. The van der Waals surface area contributed by atoms with Crippen molar-refractivity contribution in [2.75, 3.05) is 14.1 Å². The normalized spacial score (nSPS) is 14.6. The van der Waals surface area contributed by atoms with E-state index in [0.29, 0.717) is 5.92 Å². The minimum atomic E-state index is -1.92. The van der Waals surface area contributed by atoms with E-state index >= 15 is 0 Å². The molecule has 4 heteroatoms. The smallest absolute Gasteiger partial charge is 0.287 e. The lowest BCUT2D eigenvalue weighted by Crippen LogP contribution is -2.79. The first-order valence-electron chi connectivity index (χ1n) is 6.19. The van der Waals surface area contributed by atoms with Gasteiger partial charge in [-0.1, -0.05) is 27.7 Å². The van der Waals surface area contributed by atoms with E-state index in [1.54, 1.807) is 0 Å². The summed E-state index contributed by atoms with van der Waals surface area (Å²) in [5.41, 5.74) is 0.115. The second kappa shape index (κ2) is 5.17. The minimum Gasteiger partial charge on any atom is -0.316 e. The van der Waals surface area contributed by atoms with Gasteiger partial charge in [-0.15, -0.1) is 0 Å². The maximum absolute atomic E-state index is 3.81. The van der Waals surface area contributed by atoms with E-state index in [0.717, 1.165) is 0 Å². The maximum Gasteiger partial charge on any atom is 0.287 e. The van der Waals surface area contributed by atoms with Crippen LogP contribution in [0.25, 0.3) is 0 Å². The van der Waals surface area contributed by atoms with Crippen LogP contribution in [0.15, 0.2) is 0 Å². The van der Waals surface area contributed by atoms with E-state index in [9.17, 15) is 0 Å². The van der Waals surface area contributed by atoms with Crippen molar-refractivity contribution in [3.05, 3.63) is 0 Å². The van der Waals surface area contributed by atoms with Gasteiger partial charge in [-0.05, 0) is 40.8 Å². The van der Waals surface area contributed by atoms with E-state index in [2.05, 4.69) is 77.5 Å². The summed E-state index contributed by atoms with van der Waals surface area (Å²) in [5, 5.41) is 0.226. The second-order valence-electron chi connectivity index (χ2n) is 6.50. The van der Waals surface area contributed by atoms with E-state index < -0.39 is 8.56 Å². The highest BCUT2D eigenvalue weighted by Crippen LogP contribution is 2.40. The van der Waals surface area contributed by atoms with Crippen molar-refractivity contribution < 1.29 is 0 Å². The minimum absolute atomic E-state index is 0.115. The third-order valence-corrected chi connectivity index (χ3v) is 8.86. The maximum atomic E-state index is 3.81. The van der Waals surface area contributed by atoms with Crippen LogP contribution < -0.4 is 14.9 Å². The molecule has 0 aromatic carbocycles. The average Bonchev–Trinajstić information content (AvgIpc) is 2.12. The van der Waals surface area contributed by atoms with Crippen LogP contribution in [-0.2, 0) is 0 Å². The van der Waals surface area contributed by atoms with E-state index in [1.807, 2.05) is 0 Å². The van der Waals surface area contributed by atoms with Crippen LogP contribution in [0.1, 0.15) is 48.5 Å². The lowest BCUT2D eigenvalue weighted by Gasteiger charge is -2.49. The van der Waals surface area contributed by atoms with Gasteiger partial charge in [0.1, 0.15) is 0 Å². The molecule has 0 aliphatic carbocycles. The molecular weight excluding hydrogens is 214 g/mol. The Hall–Kier alpha value is 0.0969. The van der Waals surface area contributed by atoms with Crippen molar-refractivity contribution in [3.8, 4) is 0 Å². The molecule has 0 aromatic rings. The van der Waals surface area contributed by atoms with Gasteiger partial charge in [0.25, 0.3) is 8.56 Å². The first-order chi connectivity index (χ1) is 7.02. The van der Waals surface area contributed by atoms with Crippen LogP contribution in [0.2, 0.25) is 5.04 Å². The molecule has 3 N–H and O–H groups in total. The molecule has 0 unspecified atom stereocenters. The third-order valence-electron chi connectivity index (χ3n) is 3.72. The van der Waals surface area contributed by atoms with Crippen LogP contribution in [0, 0.1) is 5.92 Å². The van der Waals surface area contributed by atoms with Crippen LogP contribution in [0.4, 0.5) is 0 Å². The number of hydrogen-bond acceptors (Lipinski definition) is 3. The molecule has 0 spiro atoms.